The van der Waals surface area contributed by atoms with Gasteiger partial charge in [0.15, 0.2) is 5.69 Å². The van der Waals surface area contributed by atoms with Crippen molar-refractivity contribution >= 4 is 40.5 Å². The van der Waals surface area contributed by atoms with Crippen LogP contribution in [0.4, 0.5) is 11.4 Å². The van der Waals surface area contributed by atoms with Crippen molar-refractivity contribution in [3.63, 3.8) is 0 Å². The molecule has 2 aliphatic rings. The van der Waals surface area contributed by atoms with E-state index in [0.29, 0.717) is 28.0 Å². The summed E-state index contributed by atoms with van der Waals surface area (Å²) in [7, 11) is 0. The lowest BCUT2D eigenvalue weighted by Crippen LogP contribution is -2.57. The lowest BCUT2D eigenvalue weighted by atomic mass is 9.74. The average Bonchev–Trinajstić information content (AvgIpc) is 2.85. The van der Waals surface area contributed by atoms with Crippen molar-refractivity contribution in [2.45, 2.75) is 24.8 Å². The van der Waals surface area contributed by atoms with E-state index in [1.165, 1.54) is 11.1 Å². The summed E-state index contributed by atoms with van der Waals surface area (Å²) in [6, 6.07) is 19.5. The van der Waals surface area contributed by atoms with E-state index in [1.807, 2.05) is 18.2 Å². The number of carbonyl (C=O) groups excluding carboxylic acids is 1. The highest BCUT2D eigenvalue weighted by Crippen LogP contribution is 2.43. The number of halogens is 2. The fourth-order valence-electron chi connectivity index (χ4n) is 5.49. The highest BCUT2D eigenvalue weighted by atomic mass is 35.5. The van der Waals surface area contributed by atoms with Crippen LogP contribution in [0.2, 0.25) is 10.0 Å². The molecule has 2 N–H and O–H groups in total. The van der Waals surface area contributed by atoms with Gasteiger partial charge in [-0.2, -0.15) is 0 Å². The fraction of sp³-hybridized carbons (Fsp3) is 0.286. The Kier molecular flexibility index (Phi) is 6.82. The Labute approximate surface area is 215 Å². The summed E-state index contributed by atoms with van der Waals surface area (Å²) in [5, 5.41) is 7.43. The molecule has 2 aliphatic heterocycles. The van der Waals surface area contributed by atoms with Crippen molar-refractivity contribution in [3.8, 4) is 11.1 Å². The van der Waals surface area contributed by atoms with Crippen LogP contribution in [0.1, 0.15) is 24.0 Å². The van der Waals surface area contributed by atoms with Gasteiger partial charge in [0, 0.05) is 27.8 Å². The Morgan fingerprint density at radius 3 is 2.51 bits per heavy atom. The lowest BCUT2D eigenvalue weighted by molar-refractivity contribution is -0.119. The maximum absolute atomic E-state index is 13.1. The topological polar surface area (TPSA) is 48.7 Å². The van der Waals surface area contributed by atoms with Gasteiger partial charge >= 0.3 is 0 Å². The average molecular weight is 505 g/mol. The second kappa shape index (κ2) is 10.0. The summed E-state index contributed by atoms with van der Waals surface area (Å²) >= 11 is 12.2. The third-order valence-corrected chi connectivity index (χ3v) is 7.52. The fourth-order valence-corrected chi connectivity index (χ4v) is 6.01. The van der Waals surface area contributed by atoms with Gasteiger partial charge in [-0.1, -0.05) is 59.6 Å². The molecule has 3 aromatic carbocycles. The number of nitrogens with zero attached hydrogens (tertiary/aromatic N) is 2. The SMILES string of the molecule is [C-]#[N+]c1cccc(-c2ccc3c(c2)CCN(CC(=O)Nc2cc(Cl)cc(Cl)c2)C32CCNCC2)c1. The molecule has 2 heterocycles. The van der Waals surface area contributed by atoms with Crippen LogP contribution in [0, 0.1) is 6.57 Å². The number of piperidine rings is 1. The summed E-state index contributed by atoms with van der Waals surface area (Å²) in [4.78, 5) is 19.0. The molecule has 0 saturated carbocycles. The van der Waals surface area contributed by atoms with Crippen LogP contribution >= 0.6 is 23.2 Å². The molecular weight excluding hydrogens is 479 g/mol. The molecule has 3 aromatic rings. The number of carbonyl (C=O) groups is 1. The van der Waals surface area contributed by atoms with Gasteiger partial charge in [-0.05, 0) is 78.9 Å². The van der Waals surface area contributed by atoms with E-state index in [1.54, 1.807) is 18.2 Å². The van der Waals surface area contributed by atoms with Gasteiger partial charge in [0.25, 0.3) is 0 Å². The van der Waals surface area contributed by atoms with Crippen LogP contribution in [0.25, 0.3) is 16.0 Å². The van der Waals surface area contributed by atoms with Gasteiger partial charge in [0.2, 0.25) is 5.91 Å². The van der Waals surface area contributed by atoms with Gasteiger partial charge in [0.05, 0.1) is 13.1 Å². The first-order chi connectivity index (χ1) is 17.0. The normalized spacial score (nSPS) is 16.9. The molecule has 35 heavy (non-hydrogen) atoms. The number of amides is 1. The number of rotatable bonds is 4. The molecule has 1 amide bonds. The molecule has 5 rings (SSSR count). The second-order valence-corrected chi connectivity index (χ2v) is 10.1. The first-order valence-electron chi connectivity index (χ1n) is 11.8. The molecule has 0 aliphatic carbocycles. The van der Waals surface area contributed by atoms with E-state index in [-0.39, 0.29) is 11.4 Å². The number of nitrogens with one attached hydrogen (secondary N) is 2. The smallest absolute Gasteiger partial charge is 0.238 e. The molecule has 0 unspecified atom stereocenters. The Bertz CT molecular complexity index is 1290. The van der Waals surface area contributed by atoms with Gasteiger partial charge in [-0.25, -0.2) is 4.85 Å². The quantitative estimate of drug-likeness (QED) is 0.410. The molecule has 0 radical (unpaired) electrons. The first-order valence-corrected chi connectivity index (χ1v) is 12.6. The Balaban J connectivity index is 1.42. The van der Waals surface area contributed by atoms with Crippen molar-refractivity contribution < 1.29 is 4.79 Å². The Morgan fingerprint density at radius 1 is 1.03 bits per heavy atom. The van der Waals surface area contributed by atoms with Gasteiger partial charge in [-0.3, -0.25) is 9.69 Å². The van der Waals surface area contributed by atoms with Crippen LogP contribution in [0.3, 0.4) is 0 Å². The molecule has 0 aromatic heterocycles. The lowest BCUT2D eigenvalue weighted by Gasteiger charge is -2.50. The molecular formula is C28H26Cl2N4O. The molecule has 7 heteroatoms. The van der Waals surface area contributed by atoms with Gasteiger partial charge < -0.3 is 10.6 Å². The zero-order valence-corrected chi connectivity index (χ0v) is 20.8. The van der Waals surface area contributed by atoms with Crippen LogP contribution in [-0.2, 0) is 16.8 Å². The second-order valence-electron chi connectivity index (χ2n) is 9.19. The van der Waals surface area contributed by atoms with E-state index in [9.17, 15) is 4.79 Å². The zero-order valence-electron chi connectivity index (χ0n) is 19.3. The maximum atomic E-state index is 13.1. The van der Waals surface area contributed by atoms with E-state index in [4.69, 9.17) is 29.8 Å². The number of benzene rings is 3. The van der Waals surface area contributed by atoms with Crippen molar-refractivity contribution in [3.05, 3.63) is 93.3 Å². The van der Waals surface area contributed by atoms with Crippen LogP contribution < -0.4 is 10.6 Å². The summed E-state index contributed by atoms with van der Waals surface area (Å²) in [5.74, 6) is -0.0720. The molecule has 5 nitrogen and oxygen atoms in total. The van der Waals surface area contributed by atoms with Crippen LogP contribution in [-0.4, -0.2) is 37.0 Å². The van der Waals surface area contributed by atoms with E-state index in [2.05, 4.69) is 44.6 Å². The van der Waals surface area contributed by atoms with E-state index < -0.39 is 0 Å². The van der Waals surface area contributed by atoms with Gasteiger partial charge in [-0.15, -0.1) is 0 Å². The molecule has 1 saturated heterocycles. The predicted molar refractivity (Wildman–Crippen MR) is 142 cm³/mol. The summed E-state index contributed by atoms with van der Waals surface area (Å²) in [6.07, 6.45) is 2.77. The van der Waals surface area contributed by atoms with E-state index in [0.717, 1.165) is 50.0 Å². The monoisotopic (exact) mass is 504 g/mol. The minimum Gasteiger partial charge on any atom is -0.325 e. The Hall–Kier alpha value is -2.88. The minimum absolute atomic E-state index is 0.0720. The van der Waals surface area contributed by atoms with Crippen molar-refractivity contribution in [1.29, 1.82) is 0 Å². The number of anilines is 1. The molecule has 1 fully saturated rings. The van der Waals surface area contributed by atoms with Crippen molar-refractivity contribution in [1.82, 2.24) is 10.2 Å². The molecule has 0 atom stereocenters. The van der Waals surface area contributed by atoms with Gasteiger partial charge in [0.1, 0.15) is 0 Å². The number of hydrogen-bond acceptors (Lipinski definition) is 3. The van der Waals surface area contributed by atoms with Crippen LogP contribution in [0.15, 0.2) is 60.7 Å². The molecule has 1 spiro atoms. The highest BCUT2D eigenvalue weighted by molar-refractivity contribution is 6.35. The van der Waals surface area contributed by atoms with E-state index >= 15 is 0 Å². The largest absolute Gasteiger partial charge is 0.325 e. The molecule has 178 valence electrons. The number of fused-ring (bicyclic) bond motifs is 2. The third-order valence-electron chi connectivity index (χ3n) is 7.08. The minimum atomic E-state index is -0.182. The third kappa shape index (κ3) is 4.94. The number of hydrogen-bond donors (Lipinski definition) is 2. The summed E-state index contributed by atoms with van der Waals surface area (Å²) in [6.45, 7) is 10.3. The summed E-state index contributed by atoms with van der Waals surface area (Å²) in [5.41, 5.74) is 5.90. The predicted octanol–water partition coefficient (Wildman–Crippen LogP) is 6.29. The summed E-state index contributed by atoms with van der Waals surface area (Å²) < 4.78 is 0. The molecule has 0 bridgehead atoms. The first kappa shape index (κ1) is 23.8. The van der Waals surface area contributed by atoms with Crippen molar-refractivity contribution in [2.24, 2.45) is 0 Å². The zero-order chi connectivity index (χ0) is 24.4. The van der Waals surface area contributed by atoms with Crippen molar-refractivity contribution in [2.75, 3.05) is 31.5 Å². The van der Waals surface area contributed by atoms with Crippen LogP contribution in [0.5, 0.6) is 0 Å². The Morgan fingerprint density at radius 2 is 1.77 bits per heavy atom. The standard InChI is InChI=1S/C28H26Cl2N4O/c1-31-24-4-2-3-19(14-24)20-5-6-26-21(13-20)7-12-34(28(26)8-10-32-11-9-28)18-27(35)33-25-16-22(29)15-23(30)17-25/h2-6,13-17,32H,7-12,18H2,(H,33,35). The maximum Gasteiger partial charge on any atom is 0.238 e. The highest BCUT2D eigenvalue weighted by Gasteiger charge is 2.43.